The zero-order valence-corrected chi connectivity index (χ0v) is 16.5. The van der Waals surface area contributed by atoms with Gasteiger partial charge >= 0.3 is 0 Å². The van der Waals surface area contributed by atoms with Gasteiger partial charge < -0.3 is 10.6 Å². The van der Waals surface area contributed by atoms with E-state index in [-0.39, 0.29) is 17.2 Å². The van der Waals surface area contributed by atoms with E-state index in [2.05, 4.69) is 60.7 Å². The molecule has 0 aromatic heterocycles. The average Bonchev–Trinajstić information content (AvgIpc) is 2.48. The predicted octanol–water partition coefficient (Wildman–Crippen LogP) is 2.26. The van der Waals surface area contributed by atoms with Gasteiger partial charge in [0.15, 0.2) is 5.96 Å². The van der Waals surface area contributed by atoms with Crippen molar-refractivity contribution in [2.24, 2.45) is 4.99 Å². The number of guanidine groups is 1. The number of benzene rings is 1. The van der Waals surface area contributed by atoms with Crippen molar-refractivity contribution in [3.63, 3.8) is 0 Å². The van der Waals surface area contributed by atoms with Crippen LogP contribution in [0.2, 0.25) is 0 Å². The lowest BCUT2D eigenvalue weighted by atomic mass is 9.84. The lowest BCUT2D eigenvalue weighted by Gasteiger charge is -2.28. The molecule has 0 saturated heterocycles. The number of aryl methyl sites for hydroxylation is 1. The quantitative estimate of drug-likeness (QED) is 0.583. The second kappa shape index (κ2) is 8.51. The first kappa shape index (κ1) is 20.5. The number of hydrogen-bond acceptors (Lipinski definition) is 3. The maximum absolute atomic E-state index is 11.3. The Morgan fingerprint density at radius 2 is 2.00 bits per heavy atom. The highest BCUT2D eigenvalue weighted by Gasteiger charge is 2.21. The summed E-state index contributed by atoms with van der Waals surface area (Å²) in [6, 6.07) is 8.55. The van der Waals surface area contributed by atoms with Crippen LogP contribution in [-0.4, -0.2) is 46.0 Å². The molecule has 0 fully saturated rings. The maximum atomic E-state index is 11.3. The van der Waals surface area contributed by atoms with Crippen molar-refractivity contribution >= 4 is 15.8 Å². The van der Waals surface area contributed by atoms with E-state index in [1.807, 2.05) is 6.92 Å². The van der Waals surface area contributed by atoms with Gasteiger partial charge in [-0.2, -0.15) is 0 Å². The van der Waals surface area contributed by atoms with Gasteiger partial charge in [0.2, 0.25) is 0 Å². The molecule has 0 heterocycles. The van der Waals surface area contributed by atoms with Crippen LogP contribution in [-0.2, 0) is 15.3 Å². The molecule has 0 bridgehead atoms. The molecule has 1 rings (SSSR count). The molecule has 24 heavy (non-hydrogen) atoms. The van der Waals surface area contributed by atoms with E-state index in [1.54, 1.807) is 7.05 Å². The Bertz CT molecular complexity index is 667. The third-order valence-corrected chi connectivity index (χ3v) is 5.00. The third-order valence-electron chi connectivity index (χ3n) is 4.03. The smallest absolute Gasteiger partial charge is 0.191 e. The van der Waals surface area contributed by atoms with Gasteiger partial charge in [0.05, 0.1) is 5.75 Å². The molecule has 0 spiro atoms. The van der Waals surface area contributed by atoms with Crippen LogP contribution in [0, 0.1) is 6.92 Å². The van der Waals surface area contributed by atoms with Crippen molar-refractivity contribution in [2.45, 2.75) is 45.6 Å². The molecule has 1 unspecified atom stereocenters. The van der Waals surface area contributed by atoms with Crippen LogP contribution in [0.15, 0.2) is 29.3 Å². The van der Waals surface area contributed by atoms with Crippen LogP contribution < -0.4 is 10.6 Å². The number of sulfone groups is 1. The number of hydrogen-bond donors (Lipinski definition) is 2. The second-order valence-corrected chi connectivity index (χ2v) is 9.40. The highest BCUT2D eigenvalue weighted by Crippen LogP contribution is 2.22. The molecule has 5 nitrogen and oxygen atoms in total. The largest absolute Gasteiger partial charge is 0.356 e. The Labute approximate surface area is 146 Å². The molecule has 0 aliphatic rings. The Morgan fingerprint density at radius 3 is 2.54 bits per heavy atom. The highest BCUT2D eigenvalue weighted by atomic mass is 32.2. The molecule has 1 aromatic carbocycles. The first-order chi connectivity index (χ1) is 11.0. The van der Waals surface area contributed by atoms with E-state index in [9.17, 15) is 8.42 Å². The van der Waals surface area contributed by atoms with Crippen LogP contribution in [0.4, 0.5) is 0 Å². The fourth-order valence-electron chi connectivity index (χ4n) is 2.36. The number of aliphatic imine (C=N–C) groups is 1. The molecular formula is C18H31N3O2S. The zero-order chi connectivity index (χ0) is 18.4. The Balaban J connectivity index is 2.60. The molecule has 0 radical (unpaired) electrons. The first-order valence-corrected chi connectivity index (χ1v) is 10.3. The van der Waals surface area contributed by atoms with Crippen molar-refractivity contribution < 1.29 is 8.42 Å². The lowest BCUT2D eigenvalue weighted by Crippen LogP contribution is -2.46. The van der Waals surface area contributed by atoms with E-state index < -0.39 is 9.84 Å². The van der Waals surface area contributed by atoms with Gasteiger partial charge in [0, 0.05) is 31.3 Å². The van der Waals surface area contributed by atoms with Crippen molar-refractivity contribution in [3.05, 3.63) is 35.4 Å². The van der Waals surface area contributed by atoms with E-state index >= 15 is 0 Å². The van der Waals surface area contributed by atoms with Crippen molar-refractivity contribution in [1.29, 1.82) is 0 Å². The van der Waals surface area contributed by atoms with Gasteiger partial charge in [-0.3, -0.25) is 4.99 Å². The third kappa shape index (κ3) is 7.34. The van der Waals surface area contributed by atoms with E-state index in [1.165, 1.54) is 17.4 Å². The van der Waals surface area contributed by atoms with E-state index in [0.717, 1.165) is 6.54 Å². The molecule has 0 aliphatic carbocycles. The summed E-state index contributed by atoms with van der Waals surface area (Å²) < 4.78 is 22.5. The van der Waals surface area contributed by atoms with E-state index in [4.69, 9.17) is 0 Å². The van der Waals surface area contributed by atoms with Gasteiger partial charge in [-0.25, -0.2) is 8.42 Å². The molecule has 1 atom stereocenters. The number of nitrogens with one attached hydrogen (secondary N) is 2. The Morgan fingerprint density at radius 1 is 1.33 bits per heavy atom. The summed E-state index contributed by atoms with van der Waals surface area (Å²) >= 11 is 0. The summed E-state index contributed by atoms with van der Waals surface area (Å²) in [5, 5.41) is 6.59. The summed E-state index contributed by atoms with van der Waals surface area (Å²) in [7, 11) is -1.22. The van der Waals surface area contributed by atoms with Gasteiger partial charge in [0.25, 0.3) is 0 Å². The van der Waals surface area contributed by atoms with Crippen LogP contribution >= 0.6 is 0 Å². The minimum absolute atomic E-state index is 0.0352. The lowest BCUT2D eigenvalue weighted by molar-refractivity contribution is 0.503. The van der Waals surface area contributed by atoms with Gasteiger partial charge in [-0.1, -0.05) is 43.7 Å². The summed E-state index contributed by atoms with van der Waals surface area (Å²) in [4.78, 5) is 4.23. The summed E-state index contributed by atoms with van der Waals surface area (Å²) in [5.74, 6) is 0.865. The predicted molar refractivity (Wildman–Crippen MR) is 102 cm³/mol. The van der Waals surface area contributed by atoms with Crippen molar-refractivity contribution in [3.8, 4) is 0 Å². The normalized spacial score (nSPS) is 14.3. The Hall–Kier alpha value is -1.56. The second-order valence-electron chi connectivity index (χ2n) is 7.14. The first-order valence-electron chi connectivity index (χ1n) is 8.25. The van der Waals surface area contributed by atoms with Crippen LogP contribution in [0.1, 0.15) is 38.3 Å². The molecular weight excluding hydrogens is 322 g/mol. The van der Waals surface area contributed by atoms with E-state index in [0.29, 0.717) is 12.4 Å². The maximum Gasteiger partial charge on any atom is 0.191 e. The summed E-state index contributed by atoms with van der Waals surface area (Å²) in [6.07, 6.45) is 1.82. The molecule has 0 amide bonds. The van der Waals surface area contributed by atoms with Gasteiger partial charge in [0.1, 0.15) is 9.84 Å². The molecule has 136 valence electrons. The van der Waals surface area contributed by atoms with Crippen molar-refractivity contribution in [1.82, 2.24) is 10.6 Å². The van der Waals surface area contributed by atoms with Crippen molar-refractivity contribution in [2.75, 3.05) is 25.6 Å². The standard InChI is InChI=1S/C18H31N3O2S/c1-14-8-7-9-16(12-14)18(3,4)13-20-17(19-5)21-15(2)10-11-24(6,22)23/h7-9,12,15H,10-11,13H2,1-6H3,(H2,19,20,21). The fraction of sp³-hybridized carbons (Fsp3) is 0.611. The molecule has 2 N–H and O–H groups in total. The Kier molecular flexibility index (Phi) is 7.27. The number of rotatable bonds is 7. The molecule has 1 aromatic rings. The number of nitrogens with zero attached hydrogens (tertiary/aromatic N) is 1. The minimum Gasteiger partial charge on any atom is -0.356 e. The van der Waals surface area contributed by atoms with Gasteiger partial charge in [-0.05, 0) is 25.8 Å². The summed E-state index contributed by atoms with van der Waals surface area (Å²) in [6.45, 7) is 9.17. The minimum atomic E-state index is -2.94. The monoisotopic (exact) mass is 353 g/mol. The van der Waals surface area contributed by atoms with Gasteiger partial charge in [-0.15, -0.1) is 0 Å². The zero-order valence-electron chi connectivity index (χ0n) is 15.7. The molecule has 0 aliphatic heterocycles. The molecule has 0 saturated carbocycles. The topological polar surface area (TPSA) is 70.6 Å². The van der Waals surface area contributed by atoms with Crippen LogP contribution in [0.25, 0.3) is 0 Å². The fourth-order valence-corrected chi connectivity index (χ4v) is 3.15. The van der Waals surface area contributed by atoms with Crippen LogP contribution in [0.5, 0.6) is 0 Å². The molecule has 6 heteroatoms. The summed E-state index contributed by atoms with van der Waals surface area (Å²) in [5.41, 5.74) is 2.48. The highest BCUT2D eigenvalue weighted by molar-refractivity contribution is 7.90. The average molecular weight is 354 g/mol. The SMILES string of the molecule is CN=C(NCC(C)(C)c1cccc(C)c1)NC(C)CCS(C)(=O)=O. The van der Waals surface area contributed by atoms with Crippen LogP contribution in [0.3, 0.4) is 0 Å².